The minimum Gasteiger partial charge on any atom is -0.494 e. The third-order valence-corrected chi connectivity index (χ3v) is 2.07. The first-order valence-electron chi connectivity index (χ1n) is 5.65. The van der Waals surface area contributed by atoms with Gasteiger partial charge in [-0.25, -0.2) is 0 Å². The van der Waals surface area contributed by atoms with Gasteiger partial charge in [-0.1, -0.05) is 0 Å². The van der Waals surface area contributed by atoms with Gasteiger partial charge in [-0.2, -0.15) is 5.10 Å². The quantitative estimate of drug-likeness (QED) is 0.466. The molecule has 0 aliphatic rings. The number of nitrogens with zero attached hydrogens (tertiary/aromatic N) is 1. The lowest BCUT2D eigenvalue weighted by Crippen LogP contribution is -2.24. The lowest BCUT2D eigenvalue weighted by Gasteiger charge is -2.09. The van der Waals surface area contributed by atoms with E-state index in [4.69, 9.17) is 15.2 Å². The van der Waals surface area contributed by atoms with Crippen LogP contribution in [0.15, 0.2) is 23.3 Å². The molecule has 98 valence electrons. The van der Waals surface area contributed by atoms with Crippen LogP contribution in [0.5, 0.6) is 11.5 Å². The van der Waals surface area contributed by atoms with Gasteiger partial charge in [-0.05, 0) is 38.2 Å². The lowest BCUT2D eigenvalue weighted by molar-refractivity contribution is 0.323. The van der Waals surface area contributed by atoms with Gasteiger partial charge in [-0.3, -0.25) is 5.43 Å². The Bertz CT molecular complexity index is 435. The van der Waals surface area contributed by atoms with E-state index >= 15 is 0 Å². The molecule has 0 aromatic heterocycles. The van der Waals surface area contributed by atoms with Gasteiger partial charge in [0.15, 0.2) is 5.11 Å². The standard InChI is InChI=1S/C12H17N3O2S/c1-3-16-10-6-5-9(8-14-15-12(13)18)11(7-10)17-4-2/h5-8H,3-4H2,1-2H3,(H3,13,15,18)/b14-8-. The van der Waals surface area contributed by atoms with Gasteiger partial charge in [0.1, 0.15) is 11.5 Å². The molecule has 0 amide bonds. The van der Waals surface area contributed by atoms with Gasteiger partial charge in [-0.15, -0.1) is 0 Å². The number of hydrazone groups is 1. The van der Waals surface area contributed by atoms with E-state index in [1.807, 2.05) is 32.0 Å². The third kappa shape index (κ3) is 4.58. The Morgan fingerprint density at radius 2 is 2.11 bits per heavy atom. The van der Waals surface area contributed by atoms with E-state index < -0.39 is 0 Å². The summed E-state index contributed by atoms with van der Waals surface area (Å²) in [7, 11) is 0. The normalized spacial score (nSPS) is 10.3. The van der Waals surface area contributed by atoms with Crippen molar-refractivity contribution in [3.63, 3.8) is 0 Å². The second kappa shape index (κ2) is 7.50. The Balaban J connectivity index is 2.88. The summed E-state index contributed by atoms with van der Waals surface area (Å²) in [6.07, 6.45) is 1.60. The fourth-order valence-electron chi connectivity index (χ4n) is 1.32. The van der Waals surface area contributed by atoms with E-state index in [1.165, 1.54) is 0 Å². The summed E-state index contributed by atoms with van der Waals surface area (Å²) in [6.45, 7) is 5.03. The van der Waals surface area contributed by atoms with E-state index in [-0.39, 0.29) is 5.11 Å². The molecule has 1 aromatic rings. The summed E-state index contributed by atoms with van der Waals surface area (Å²) in [5, 5.41) is 4.02. The number of hydrogen-bond acceptors (Lipinski definition) is 4. The molecule has 0 heterocycles. The molecule has 0 aliphatic carbocycles. The fraction of sp³-hybridized carbons (Fsp3) is 0.333. The molecule has 0 radical (unpaired) electrons. The zero-order chi connectivity index (χ0) is 13.4. The van der Waals surface area contributed by atoms with Crippen LogP contribution in [0.1, 0.15) is 19.4 Å². The second-order valence-corrected chi connectivity index (χ2v) is 3.74. The zero-order valence-corrected chi connectivity index (χ0v) is 11.3. The number of benzene rings is 1. The summed E-state index contributed by atoms with van der Waals surface area (Å²) < 4.78 is 10.9. The number of ether oxygens (including phenoxy) is 2. The molecule has 18 heavy (non-hydrogen) atoms. The van der Waals surface area contributed by atoms with Crippen molar-refractivity contribution in [2.45, 2.75) is 13.8 Å². The molecule has 0 aliphatic heterocycles. The van der Waals surface area contributed by atoms with Crippen molar-refractivity contribution in [1.29, 1.82) is 0 Å². The summed E-state index contributed by atoms with van der Waals surface area (Å²) in [4.78, 5) is 0. The Kier molecular flexibility index (Phi) is 5.93. The van der Waals surface area contributed by atoms with Crippen LogP contribution in [0, 0.1) is 0 Å². The summed E-state index contributed by atoms with van der Waals surface area (Å²) in [5.41, 5.74) is 8.59. The molecule has 0 unspecified atom stereocenters. The van der Waals surface area contributed by atoms with Crippen molar-refractivity contribution in [3.8, 4) is 11.5 Å². The SMILES string of the molecule is CCOc1ccc(/C=N\NC(N)=S)c(OCC)c1. The molecular weight excluding hydrogens is 250 g/mol. The van der Waals surface area contributed by atoms with Gasteiger partial charge in [0.25, 0.3) is 0 Å². The largest absolute Gasteiger partial charge is 0.494 e. The molecule has 3 N–H and O–H groups in total. The Hall–Kier alpha value is -1.82. The van der Waals surface area contributed by atoms with E-state index in [2.05, 4.69) is 22.7 Å². The number of nitrogens with two attached hydrogens (primary N) is 1. The van der Waals surface area contributed by atoms with Crippen molar-refractivity contribution in [2.75, 3.05) is 13.2 Å². The monoisotopic (exact) mass is 267 g/mol. The molecule has 0 saturated carbocycles. The zero-order valence-electron chi connectivity index (χ0n) is 10.5. The van der Waals surface area contributed by atoms with Crippen molar-refractivity contribution in [1.82, 2.24) is 5.43 Å². The van der Waals surface area contributed by atoms with Crippen LogP contribution < -0.4 is 20.6 Å². The van der Waals surface area contributed by atoms with Gasteiger partial charge in [0.2, 0.25) is 0 Å². The molecule has 0 fully saturated rings. The van der Waals surface area contributed by atoms with Crippen molar-refractivity contribution in [2.24, 2.45) is 10.8 Å². The highest BCUT2D eigenvalue weighted by molar-refractivity contribution is 7.80. The van der Waals surface area contributed by atoms with Crippen LogP contribution in [0.25, 0.3) is 0 Å². The third-order valence-electron chi connectivity index (χ3n) is 1.97. The first-order valence-corrected chi connectivity index (χ1v) is 6.06. The number of hydrogen-bond donors (Lipinski definition) is 2. The Morgan fingerprint density at radius 3 is 2.72 bits per heavy atom. The highest BCUT2D eigenvalue weighted by Crippen LogP contribution is 2.23. The molecule has 6 heteroatoms. The number of rotatable bonds is 6. The maximum Gasteiger partial charge on any atom is 0.184 e. The van der Waals surface area contributed by atoms with E-state index in [9.17, 15) is 0 Å². The lowest BCUT2D eigenvalue weighted by atomic mass is 10.2. The van der Waals surface area contributed by atoms with Crippen molar-refractivity contribution < 1.29 is 9.47 Å². The Labute approximate surface area is 112 Å². The molecule has 1 aromatic carbocycles. The van der Waals surface area contributed by atoms with E-state index in [0.29, 0.717) is 19.0 Å². The molecular formula is C12H17N3O2S. The molecule has 0 saturated heterocycles. The molecule has 0 bridgehead atoms. The average Bonchev–Trinajstić information content (AvgIpc) is 2.32. The topological polar surface area (TPSA) is 68.9 Å². The minimum atomic E-state index is 0.121. The fourth-order valence-corrected chi connectivity index (χ4v) is 1.38. The molecule has 0 atom stereocenters. The van der Waals surface area contributed by atoms with Gasteiger partial charge >= 0.3 is 0 Å². The highest BCUT2D eigenvalue weighted by Gasteiger charge is 2.03. The Morgan fingerprint density at radius 1 is 1.39 bits per heavy atom. The number of thiocarbonyl (C=S) groups is 1. The number of nitrogens with one attached hydrogen (secondary N) is 1. The van der Waals surface area contributed by atoms with Gasteiger partial charge in [0.05, 0.1) is 19.4 Å². The summed E-state index contributed by atoms with van der Waals surface area (Å²) in [5.74, 6) is 1.47. The van der Waals surface area contributed by atoms with Crippen LogP contribution in [-0.4, -0.2) is 24.5 Å². The first kappa shape index (κ1) is 14.2. The summed E-state index contributed by atoms with van der Waals surface area (Å²) in [6, 6.07) is 5.55. The smallest absolute Gasteiger partial charge is 0.184 e. The molecule has 5 nitrogen and oxygen atoms in total. The van der Waals surface area contributed by atoms with E-state index in [0.717, 1.165) is 11.3 Å². The first-order chi connectivity index (χ1) is 8.67. The van der Waals surface area contributed by atoms with Crippen LogP contribution in [0.2, 0.25) is 0 Å². The van der Waals surface area contributed by atoms with Crippen molar-refractivity contribution >= 4 is 23.5 Å². The van der Waals surface area contributed by atoms with Crippen molar-refractivity contribution in [3.05, 3.63) is 23.8 Å². The van der Waals surface area contributed by atoms with Crippen LogP contribution in [-0.2, 0) is 0 Å². The van der Waals surface area contributed by atoms with Crippen LogP contribution in [0.3, 0.4) is 0 Å². The molecule has 0 spiro atoms. The second-order valence-electron chi connectivity index (χ2n) is 3.30. The minimum absolute atomic E-state index is 0.121. The molecule has 1 rings (SSSR count). The predicted molar refractivity (Wildman–Crippen MR) is 76.3 cm³/mol. The van der Waals surface area contributed by atoms with E-state index in [1.54, 1.807) is 6.21 Å². The average molecular weight is 267 g/mol. The predicted octanol–water partition coefficient (Wildman–Crippen LogP) is 1.65. The summed E-state index contributed by atoms with van der Waals surface area (Å²) >= 11 is 4.65. The maximum absolute atomic E-state index is 5.52. The van der Waals surface area contributed by atoms with Gasteiger partial charge < -0.3 is 15.2 Å². The van der Waals surface area contributed by atoms with Crippen LogP contribution >= 0.6 is 12.2 Å². The van der Waals surface area contributed by atoms with Gasteiger partial charge in [0, 0.05) is 11.6 Å². The van der Waals surface area contributed by atoms with Crippen LogP contribution in [0.4, 0.5) is 0 Å². The highest BCUT2D eigenvalue weighted by atomic mass is 32.1. The maximum atomic E-state index is 5.52.